The van der Waals surface area contributed by atoms with E-state index in [9.17, 15) is 0 Å². The van der Waals surface area contributed by atoms with Gasteiger partial charge in [0.2, 0.25) is 5.89 Å². The second-order valence-corrected chi connectivity index (χ2v) is 4.60. The molecule has 0 atom stereocenters. The number of ether oxygens (including phenoxy) is 2. The third kappa shape index (κ3) is 1.75. The molecule has 0 fully saturated rings. The number of hydrogen-bond acceptors (Lipinski definition) is 5. The lowest BCUT2D eigenvalue weighted by molar-refractivity contribution is 0.171. The molecule has 2 N–H and O–H groups in total. The van der Waals surface area contributed by atoms with Gasteiger partial charge in [-0.25, -0.2) is 4.98 Å². The van der Waals surface area contributed by atoms with Crippen LogP contribution in [0, 0.1) is 0 Å². The van der Waals surface area contributed by atoms with Gasteiger partial charge in [-0.15, -0.1) is 0 Å². The molecular weight excluding hydrogens is 256 g/mol. The summed E-state index contributed by atoms with van der Waals surface area (Å²) in [6.45, 7) is 1.13. The number of rotatable bonds is 1. The summed E-state index contributed by atoms with van der Waals surface area (Å²) in [5.74, 6) is 2.01. The van der Waals surface area contributed by atoms with Crippen molar-refractivity contribution in [3.63, 3.8) is 0 Å². The van der Waals surface area contributed by atoms with Crippen LogP contribution >= 0.6 is 0 Å². The first-order chi connectivity index (χ1) is 9.79. The van der Waals surface area contributed by atoms with Gasteiger partial charge in [-0.1, -0.05) is 0 Å². The Balaban J connectivity index is 1.82. The molecule has 0 amide bonds. The van der Waals surface area contributed by atoms with E-state index in [1.807, 2.05) is 24.3 Å². The van der Waals surface area contributed by atoms with Gasteiger partial charge in [0.05, 0.1) is 0 Å². The predicted octanol–water partition coefficient (Wildman–Crippen LogP) is 2.85. The van der Waals surface area contributed by atoms with Crippen LogP contribution in [0.15, 0.2) is 40.8 Å². The Kier molecular flexibility index (Phi) is 2.32. The van der Waals surface area contributed by atoms with Crippen LogP contribution in [0.1, 0.15) is 0 Å². The summed E-state index contributed by atoms with van der Waals surface area (Å²) in [6.07, 6.45) is 0. The number of nitrogens with two attached hydrogens (primary N) is 1. The molecule has 100 valence electrons. The van der Waals surface area contributed by atoms with E-state index >= 15 is 0 Å². The molecule has 0 unspecified atom stereocenters. The molecule has 0 saturated carbocycles. The zero-order chi connectivity index (χ0) is 13.5. The minimum atomic E-state index is 0.544. The van der Waals surface area contributed by atoms with E-state index in [0.29, 0.717) is 30.4 Å². The Bertz CT molecular complexity index is 795. The summed E-state index contributed by atoms with van der Waals surface area (Å²) < 4.78 is 16.8. The van der Waals surface area contributed by atoms with Crippen LogP contribution in [0.3, 0.4) is 0 Å². The van der Waals surface area contributed by atoms with Crippen LogP contribution < -0.4 is 15.2 Å². The van der Waals surface area contributed by atoms with Crippen molar-refractivity contribution in [2.24, 2.45) is 0 Å². The summed E-state index contributed by atoms with van der Waals surface area (Å²) in [4.78, 5) is 4.45. The molecule has 0 radical (unpaired) electrons. The van der Waals surface area contributed by atoms with Crippen LogP contribution in [0.25, 0.3) is 22.6 Å². The quantitative estimate of drug-likeness (QED) is 0.687. The molecule has 2 heterocycles. The van der Waals surface area contributed by atoms with Crippen molar-refractivity contribution >= 4 is 16.8 Å². The van der Waals surface area contributed by atoms with Crippen molar-refractivity contribution in [2.45, 2.75) is 0 Å². The fraction of sp³-hybridized carbons (Fsp3) is 0.133. The molecule has 5 heteroatoms. The molecular formula is C15H12N2O3. The number of nitrogens with zero attached hydrogens (tertiary/aromatic N) is 1. The number of aromatic nitrogens is 1. The largest absolute Gasteiger partial charge is 0.486 e. The highest BCUT2D eigenvalue weighted by Gasteiger charge is 2.15. The fourth-order valence-electron chi connectivity index (χ4n) is 2.24. The summed E-state index contributed by atoms with van der Waals surface area (Å²) in [7, 11) is 0. The van der Waals surface area contributed by atoms with E-state index in [-0.39, 0.29) is 0 Å². The van der Waals surface area contributed by atoms with Gasteiger partial charge in [0.15, 0.2) is 17.1 Å². The smallest absolute Gasteiger partial charge is 0.227 e. The molecule has 1 aromatic heterocycles. The minimum Gasteiger partial charge on any atom is -0.486 e. The van der Waals surface area contributed by atoms with Gasteiger partial charge in [0, 0.05) is 17.3 Å². The summed E-state index contributed by atoms with van der Waals surface area (Å²) >= 11 is 0. The molecule has 0 spiro atoms. The van der Waals surface area contributed by atoms with Gasteiger partial charge in [-0.3, -0.25) is 0 Å². The zero-order valence-corrected chi connectivity index (χ0v) is 10.6. The van der Waals surface area contributed by atoms with E-state index in [1.165, 1.54) is 0 Å². The van der Waals surface area contributed by atoms with Crippen molar-refractivity contribution in [1.82, 2.24) is 4.98 Å². The van der Waals surface area contributed by atoms with E-state index in [4.69, 9.17) is 19.6 Å². The SMILES string of the molecule is Nc1ccc2nc(-c3ccc4c(c3)OCCO4)oc2c1. The Morgan fingerprint density at radius 2 is 1.80 bits per heavy atom. The zero-order valence-electron chi connectivity index (χ0n) is 10.6. The maximum atomic E-state index is 5.74. The maximum absolute atomic E-state index is 5.74. The lowest BCUT2D eigenvalue weighted by Crippen LogP contribution is -2.15. The second-order valence-electron chi connectivity index (χ2n) is 4.60. The van der Waals surface area contributed by atoms with Gasteiger partial charge >= 0.3 is 0 Å². The van der Waals surface area contributed by atoms with E-state index in [0.717, 1.165) is 22.6 Å². The lowest BCUT2D eigenvalue weighted by atomic mass is 10.2. The predicted molar refractivity (Wildman–Crippen MR) is 74.8 cm³/mol. The van der Waals surface area contributed by atoms with E-state index in [1.54, 1.807) is 12.1 Å². The number of benzene rings is 2. The molecule has 0 bridgehead atoms. The van der Waals surface area contributed by atoms with Gasteiger partial charge in [-0.05, 0) is 30.3 Å². The first-order valence-corrected chi connectivity index (χ1v) is 6.36. The molecule has 5 nitrogen and oxygen atoms in total. The fourth-order valence-corrected chi connectivity index (χ4v) is 2.24. The minimum absolute atomic E-state index is 0.544. The highest BCUT2D eigenvalue weighted by molar-refractivity contribution is 5.79. The van der Waals surface area contributed by atoms with Gasteiger partial charge in [0.25, 0.3) is 0 Å². The van der Waals surface area contributed by atoms with Crippen LogP contribution in [-0.4, -0.2) is 18.2 Å². The average molecular weight is 268 g/mol. The van der Waals surface area contributed by atoms with E-state index < -0.39 is 0 Å². The Morgan fingerprint density at radius 1 is 0.950 bits per heavy atom. The van der Waals surface area contributed by atoms with Crippen molar-refractivity contribution in [2.75, 3.05) is 18.9 Å². The Labute approximate surface area is 114 Å². The molecule has 1 aliphatic heterocycles. The molecule has 4 rings (SSSR count). The van der Waals surface area contributed by atoms with E-state index in [2.05, 4.69) is 4.98 Å². The maximum Gasteiger partial charge on any atom is 0.227 e. The molecule has 0 aliphatic carbocycles. The number of oxazole rings is 1. The first kappa shape index (κ1) is 11.2. The standard InChI is InChI=1S/C15H12N2O3/c16-10-2-3-11-13(8-10)20-15(17-11)9-1-4-12-14(7-9)19-6-5-18-12/h1-4,7-8H,5-6,16H2. The Morgan fingerprint density at radius 3 is 2.70 bits per heavy atom. The second kappa shape index (κ2) is 4.16. The van der Waals surface area contributed by atoms with Crippen molar-refractivity contribution < 1.29 is 13.9 Å². The van der Waals surface area contributed by atoms with Gasteiger partial charge in [-0.2, -0.15) is 0 Å². The Hall–Kier alpha value is -2.69. The summed E-state index contributed by atoms with van der Waals surface area (Å²) in [5, 5.41) is 0. The third-order valence-corrected chi connectivity index (χ3v) is 3.20. The number of nitrogen functional groups attached to an aromatic ring is 1. The molecule has 1 aliphatic rings. The average Bonchev–Trinajstić information content (AvgIpc) is 2.89. The topological polar surface area (TPSA) is 70.5 Å². The van der Waals surface area contributed by atoms with Gasteiger partial charge in [0.1, 0.15) is 18.7 Å². The number of hydrogen-bond donors (Lipinski definition) is 1. The highest BCUT2D eigenvalue weighted by atomic mass is 16.6. The number of fused-ring (bicyclic) bond motifs is 2. The van der Waals surface area contributed by atoms with Crippen molar-refractivity contribution in [3.05, 3.63) is 36.4 Å². The molecule has 0 saturated heterocycles. The van der Waals surface area contributed by atoms with Crippen LogP contribution in [0.4, 0.5) is 5.69 Å². The molecule has 3 aromatic rings. The summed E-state index contributed by atoms with van der Waals surface area (Å²) in [5.41, 5.74) is 8.70. The molecule has 2 aromatic carbocycles. The van der Waals surface area contributed by atoms with Crippen LogP contribution in [0.5, 0.6) is 11.5 Å². The van der Waals surface area contributed by atoms with Crippen LogP contribution in [0.2, 0.25) is 0 Å². The third-order valence-electron chi connectivity index (χ3n) is 3.20. The van der Waals surface area contributed by atoms with Crippen molar-refractivity contribution in [1.29, 1.82) is 0 Å². The van der Waals surface area contributed by atoms with Gasteiger partial charge < -0.3 is 19.6 Å². The lowest BCUT2D eigenvalue weighted by Gasteiger charge is -2.18. The molecule has 20 heavy (non-hydrogen) atoms. The normalized spacial score (nSPS) is 13.6. The number of anilines is 1. The monoisotopic (exact) mass is 268 g/mol. The first-order valence-electron chi connectivity index (χ1n) is 6.36. The summed E-state index contributed by atoms with van der Waals surface area (Å²) in [6, 6.07) is 11.1. The van der Waals surface area contributed by atoms with Crippen molar-refractivity contribution in [3.8, 4) is 23.0 Å². The highest BCUT2D eigenvalue weighted by Crippen LogP contribution is 2.35. The van der Waals surface area contributed by atoms with Crippen LogP contribution in [-0.2, 0) is 0 Å².